The topological polar surface area (TPSA) is 37.8 Å². The van der Waals surface area contributed by atoms with Gasteiger partial charge in [-0.2, -0.15) is 13.2 Å². The molecule has 0 bridgehead atoms. The Morgan fingerprint density at radius 1 is 1.11 bits per heavy atom. The fourth-order valence-corrected chi connectivity index (χ4v) is 1.58. The van der Waals surface area contributed by atoms with Crippen LogP contribution in [0.15, 0.2) is 0 Å². The van der Waals surface area contributed by atoms with Crippen LogP contribution in [-0.4, -0.2) is 22.9 Å². The van der Waals surface area contributed by atoms with Gasteiger partial charge < -0.3 is 5.32 Å². The SMILES string of the molecule is Cc1c(Cl)nnc(NCCCCC(F)(F)F)c1C. The van der Waals surface area contributed by atoms with Crippen molar-refractivity contribution in [1.29, 1.82) is 0 Å². The van der Waals surface area contributed by atoms with Crippen molar-refractivity contribution >= 4 is 17.4 Å². The molecule has 0 aliphatic carbocycles. The Morgan fingerprint density at radius 3 is 2.39 bits per heavy atom. The molecule has 0 amide bonds. The number of nitrogens with zero attached hydrogens (tertiary/aromatic N) is 2. The Bertz CT molecular complexity index is 407. The Hall–Kier alpha value is -1.04. The third kappa shape index (κ3) is 4.68. The summed E-state index contributed by atoms with van der Waals surface area (Å²) >= 11 is 5.79. The monoisotopic (exact) mass is 281 g/mol. The van der Waals surface area contributed by atoms with Gasteiger partial charge >= 0.3 is 6.18 Å². The van der Waals surface area contributed by atoms with Crippen LogP contribution in [0.3, 0.4) is 0 Å². The number of unbranched alkanes of at least 4 members (excludes halogenated alkanes) is 1. The molecule has 1 aromatic heterocycles. The molecule has 1 rings (SSSR count). The van der Waals surface area contributed by atoms with Crippen molar-refractivity contribution in [2.75, 3.05) is 11.9 Å². The van der Waals surface area contributed by atoms with Crippen LogP contribution in [0.2, 0.25) is 5.15 Å². The summed E-state index contributed by atoms with van der Waals surface area (Å²) in [5.74, 6) is 0.573. The molecule has 0 unspecified atom stereocenters. The molecular weight excluding hydrogens is 267 g/mol. The zero-order valence-corrected chi connectivity index (χ0v) is 11.0. The largest absolute Gasteiger partial charge is 0.389 e. The zero-order chi connectivity index (χ0) is 13.8. The third-order valence-corrected chi connectivity index (χ3v) is 3.00. The van der Waals surface area contributed by atoms with Gasteiger partial charge in [-0.05, 0) is 37.8 Å². The summed E-state index contributed by atoms with van der Waals surface area (Å²) in [7, 11) is 0. The Balaban J connectivity index is 2.39. The van der Waals surface area contributed by atoms with Crippen LogP contribution in [0.4, 0.5) is 19.0 Å². The number of rotatable bonds is 5. The standard InChI is InChI=1S/C11H15ClF3N3/c1-7-8(2)10(18-17-9(7)12)16-6-4-3-5-11(13,14)15/h3-6H2,1-2H3,(H,16,18). The second kappa shape index (κ2) is 6.22. The lowest BCUT2D eigenvalue weighted by atomic mass is 10.2. The number of hydrogen-bond acceptors (Lipinski definition) is 3. The first-order valence-corrected chi connectivity index (χ1v) is 5.99. The molecule has 1 aromatic rings. The second-order valence-electron chi connectivity index (χ2n) is 4.09. The van der Waals surface area contributed by atoms with E-state index in [4.69, 9.17) is 11.6 Å². The minimum atomic E-state index is -4.08. The number of anilines is 1. The van der Waals surface area contributed by atoms with Crippen molar-refractivity contribution in [3.63, 3.8) is 0 Å². The summed E-state index contributed by atoms with van der Waals surface area (Å²) in [5, 5.41) is 10.9. The van der Waals surface area contributed by atoms with Gasteiger partial charge in [-0.15, -0.1) is 10.2 Å². The first-order valence-electron chi connectivity index (χ1n) is 5.61. The van der Waals surface area contributed by atoms with E-state index >= 15 is 0 Å². The number of aromatic nitrogens is 2. The molecule has 0 radical (unpaired) electrons. The summed E-state index contributed by atoms with van der Waals surface area (Å²) in [6.45, 7) is 4.10. The molecular formula is C11H15ClF3N3. The molecule has 3 nitrogen and oxygen atoms in total. The molecule has 1 N–H and O–H groups in total. The quantitative estimate of drug-likeness (QED) is 0.832. The lowest BCUT2D eigenvalue weighted by Gasteiger charge is -2.10. The van der Waals surface area contributed by atoms with Gasteiger partial charge in [0.15, 0.2) is 11.0 Å². The molecule has 0 spiro atoms. The van der Waals surface area contributed by atoms with Crippen molar-refractivity contribution in [1.82, 2.24) is 10.2 Å². The molecule has 0 fully saturated rings. The number of hydrogen-bond donors (Lipinski definition) is 1. The first kappa shape index (κ1) is 15.0. The number of alkyl halides is 3. The van der Waals surface area contributed by atoms with E-state index in [0.717, 1.165) is 11.1 Å². The maximum absolute atomic E-state index is 11.9. The van der Waals surface area contributed by atoms with E-state index in [9.17, 15) is 13.2 Å². The average Bonchev–Trinajstić information content (AvgIpc) is 2.27. The van der Waals surface area contributed by atoms with E-state index in [1.54, 1.807) is 0 Å². The summed E-state index contributed by atoms with van der Waals surface area (Å²) in [6, 6.07) is 0. The van der Waals surface area contributed by atoms with Crippen LogP contribution < -0.4 is 5.32 Å². The predicted molar refractivity (Wildman–Crippen MR) is 64.9 cm³/mol. The smallest absolute Gasteiger partial charge is 0.368 e. The summed E-state index contributed by atoms with van der Waals surface area (Å²) in [4.78, 5) is 0. The van der Waals surface area contributed by atoms with Gasteiger partial charge in [0, 0.05) is 13.0 Å². The van der Waals surface area contributed by atoms with Crippen LogP contribution in [0.5, 0.6) is 0 Å². The molecule has 0 atom stereocenters. The van der Waals surface area contributed by atoms with Crippen molar-refractivity contribution < 1.29 is 13.2 Å². The van der Waals surface area contributed by atoms with Crippen molar-refractivity contribution in [3.8, 4) is 0 Å². The van der Waals surface area contributed by atoms with Gasteiger partial charge in [0.25, 0.3) is 0 Å². The normalized spacial score (nSPS) is 11.7. The lowest BCUT2D eigenvalue weighted by molar-refractivity contribution is -0.135. The molecule has 0 saturated carbocycles. The predicted octanol–water partition coefficient (Wildman–Crippen LogP) is 3.89. The highest BCUT2D eigenvalue weighted by atomic mass is 35.5. The van der Waals surface area contributed by atoms with Crippen LogP contribution in [0.1, 0.15) is 30.4 Å². The molecule has 0 saturated heterocycles. The molecule has 0 aliphatic rings. The molecule has 7 heteroatoms. The maximum Gasteiger partial charge on any atom is 0.389 e. The molecule has 102 valence electrons. The minimum absolute atomic E-state index is 0.107. The Labute approximate surface area is 109 Å². The first-order chi connectivity index (χ1) is 8.31. The van der Waals surface area contributed by atoms with E-state index in [-0.39, 0.29) is 6.42 Å². The Kier molecular flexibility index (Phi) is 5.19. The highest BCUT2D eigenvalue weighted by Gasteiger charge is 2.25. The fourth-order valence-electron chi connectivity index (χ4n) is 1.40. The lowest BCUT2D eigenvalue weighted by Crippen LogP contribution is -2.10. The van der Waals surface area contributed by atoms with Crippen LogP contribution in [-0.2, 0) is 0 Å². The zero-order valence-electron chi connectivity index (χ0n) is 10.2. The van der Waals surface area contributed by atoms with Gasteiger partial charge in [0.1, 0.15) is 0 Å². The maximum atomic E-state index is 11.9. The minimum Gasteiger partial charge on any atom is -0.368 e. The van der Waals surface area contributed by atoms with Gasteiger partial charge in [-0.3, -0.25) is 0 Å². The van der Waals surface area contributed by atoms with E-state index in [0.29, 0.717) is 23.9 Å². The van der Waals surface area contributed by atoms with Crippen molar-refractivity contribution in [3.05, 3.63) is 16.3 Å². The summed E-state index contributed by atoms with van der Waals surface area (Å²) in [5.41, 5.74) is 1.69. The van der Waals surface area contributed by atoms with Crippen LogP contribution >= 0.6 is 11.6 Å². The molecule has 1 heterocycles. The van der Waals surface area contributed by atoms with Gasteiger partial charge in [0.2, 0.25) is 0 Å². The molecule has 0 aromatic carbocycles. The Morgan fingerprint density at radius 2 is 1.78 bits per heavy atom. The van der Waals surface area contributed by atoms with E-state index in [1.807, 2.05) is 13.8 Å². The number of nitrogens with one attached hydrogen (secondary N) is 1. The van der Waals surface area contributed by atoms with Gasteiger partial charge in [0.05, 0.1) is 0 Å². The van der Waals surface area contributed by atoms with Crippen LogP contribution in [0.25, 0.3) is 0 Å². The highest BCUT2D eigenvalue weighted by molar-refractivity contribution is 6.30. The van der Waals surface area contributed by atoms with Crippen molar-refractivity contribution in [2.45, 2.75) is 39.3 Å². The second-order valence-corrected chi connectivity index (χ2v) is 4.45. The molecule has 0 aliphatic heterocycles. The van der Waals surface area contributed by atoms with Gasteiger partial charge in [-0.1, -0.05) is 11.6 Å². The molecule has 18 heavy (non-hydrogen) atoms. The fraction of sp³-hybridized carbons (Fsp3) is 0.636. The third-order valence-electron chi connectivity index (χ3n) is 2.64. The van der Waals surface area contributed by atoms with Crippen LogP contribution in [0, 0.1) is 13.8 Å². The van der Waals surface area contributed by atoms with E-state index in [1.165, 1.54) is 0 Å². The van der Waals surface area contributed by atoms with Gasteiger partial charge in [-0.25, -0.2) is 0 Å². The summed E-state index contributed by atoms with van der Waals surface area (Å²) in [6.07, 6.45) is -4.29. The number of halogens is 4. The average molecular weight is 282 g/mol. The van der Waals surface area contributed by atoms with Crippen molar-refractivity contribution in [2.24, 2.45) is 0 Å². The summed E-state index contributed by atoms with van der Waals surface area (Å²) < 4.78 is 35.7. The van der Waals surface area contributed by atoms with E-state index < -0.39 is 12.6 Å². The highest BCUT2D eigenvalue weighted by Crippen LogP contribution is 2.23. The van der Waals surface area contributed by atoms with E-state index in [2.05, 4.69) is 15.5 Å².